The number of nitrogens with one attached hydrogen (secondary N) is 1. The maximum absolute atomic E-state index is 13.9. The molecule has 1 aliphatic rings. The van der Waals surface area contributed by atoms with Gasteiger partial charge in [0, 0.05) is 36.7 Å². The largest absolute Gasteiger partial charge is 0.360 e. The van der Waals surface area contributed by atoms with Crippen LogP contribution < -0.4 is 10.9 Å². The summed E-state index contributed by atoms with van der Waals surface area (Å²) in [6.07, 6.45) is 9.05. The van der Waals surface area contributed by atoms with Crippen molar-refractivity contribution in [3.8, 4) is 11.1 Å². The molecule has 1 unspecified atom stereocenters. The van der Waals surface area contributed by atoms with Crippen LogP contribution in [0.4, 0.5) is 5.82 Å². The van der Waals surface area contributed by atoms with Crippen LogP contribution in [-0.2, 0) is 7.05 Å². The van der Waals surface area contributed by atoms with Crippen molar-refractivity contribution >= 4 is 27.6 Å². The van der Waals surface area contributed by atoms with Gasteiger partial charge in [-0.1, -0.05) is 18.2 Å². The van der Waals surface area contributed by atoms with Gasteiger partial charge in [-0.25, -0.2) is 9.97 Å². The van der Waals surface area contributed by atoms with Crippen LogP contribution in [0.5, 0.6) is 0 Å². The van der Waals surface area contributed by atoms with Crippen molar-refractivity contribution in [3.05, 3.63) is 77.4 Å². The van der Waals surface area contributed by atoms with Gasteiger partial charge in [0.2, 0.25) is 0 Å². The van der Waals surface area contributed by atoms with Gasteiger partial charge in [-0.05, 0) is 48.9 Å². The van der Waals surface area contributed by atoms with E-state index in [1.807, 2.05) is 48.1 Å². The van der Waals surface area contributed by atoms with Crippen molar-refractivity contribution in [3.63, 3.8) is 0 Å². The van der Waals surface area contributed by atoms with Crippen molar-refractivity contribution in [1.29, 1.82) is 0 Å². The molecule has 1 aromatic carbocycles. The zero-order chi connectivity index (χ0) is 22.5. The summed E-state index contributed by atoms with van der Waals surface area (Å²) in [5, 5.41) is 9.44. The summed E-state index contributed by atoms with van der Waals surface area (Å²) in [5.74, 6) is 0.659. The van der Waals surface area contributed by atoms with E-state index in [0.29, 0.717) is 11.3 Å². The SMILES string of the molecule is CC(Nc1ncnc2cccnc12)c1cc2cccc(-c3cnn(C)c3)c2c(=O)n1C1CC1. The van der Waals surface area contributed by atoms with Crippen LogP contribution in [-0.4, -0.2) is 29.3 Å². The topological polar surface area (TPSA) is 90.5 Å². The molecule has 0 aliphatic heterocycles. The second-order valence-corrected chi connectivity index (χ2v) is 8.61. The van der Waals surface area contributed by atoms with Gasteiger partial charge in [0.05, 0.1) is 23.1 Å². The van der Waals surface area contributed by atoms with Gasteiger partial charge in [-0.15, -0.1) is 0 Å². The Morgan fingerprint density at radius 2 is 2.00 bits per heavy atom. The molecular formula is C25H23N7O. The number of hydrogen-bond acceptors (Lipinski definition) is 6. The van der Waals surface area contributed by atoms with Gasteiger partial charge in [-0.2, -0.15) is 5.10 Å². The summed E-state index contributed by atoms with van der Waals surface area (Å²) in [4.78, 5) is 27.0. The first-order valence-corrected chi connectivity index (χ1v) is 11.1. The first-order chi connectivity index (χ1) is 16.1. The maximum atomic E-state index is 13.9. The second-order valence-electron chi connectivity index (χ2n) is 8.61. The molecule has 164 valence electrons. The minimum atomic E-state index is -0.148. The molecule has 6 rings (SSSR count). The summed E-state index contributed by atoms with van der Waals surface area (Å²) in [5.41, 5.74) is 4.34. The van der Waals surface area contributed by atoms with Gasteiger partial charge in [0.25, 0.3) is 5.56 Å². The lowest BCUT2D eigenvalue weighted by Gasteiger charge is -2.22. The maximum Gasteiger partial charge on any atom is 0.259 e. The van der Waals surface area contributed by atoms with E-state index in [1.54, 1.807) is 17.1 Å². The van der Waals surface area contributed by atoms with Gasteiger partial charge < -0.3 is 9.88 Å². The molecule has 1 aliphatic carbocycles. The zero-order valence-electron chi connectivity index (χ0n) is 18.4. The lowest BCUT2D eigenvalue weighted by molar-refractivity contribution is 0.636. The van der Waals surface area contributed by atoms with E-state index in [9.17, 15) is 4.79 Å². The van der Waals surface area contributed by atoms with Gasteiger partial charge in [-0.3, -0.25) is 14.5 Å². The summed E-state index contributed by atoms with van der Waals surface area (Å²) < 4.78 is 3.73. The third kappa shape index (κ3) is 3.34. The van der Waals surface area contributed by atoms with Crippen LogP contribution in [0.25, 0.3) is 32.9 Å². The molecule has 1 atom stereocenters. The Morgan fingerprint density at radius 3 is 2.79 bits per heavy atom. The number of aromatic nitrogens is 6. The minimum Gasteiger partial charge on any atom is -0.360 e. The highest BCUT2D eigenvalue weighted by Crippen LogP contribution is 2.38. The third-order valence-electron chi connectivity index (χ3n) is 6.23. The van der Waals surface area contributed by atoms with E-state index < -0.39 is 0 Å². The standard InChI is InChI=1S/C25H23N7O/c1-15(30-24-23-20(27-14-28-24)7-4-10-26-23)21-11-16-5-3-6-19(17-12-29-31(2)13-17)22(16)25(33)32(21)18-8-9-18/h3-7,10-15,18H,8-9H2,1-2H3,(H,27,28,30). The van der Waals surface area contributed by atoms with Crippen molar-refractivity contribution in [2.75, 3.05) is 5.32 Å². The minimum absolute atomic E-state index is 0.0452. The molecule has 1 N–H and O–H groups in total. The Morgan fingerprint density at radius 1 is 1.12 bits per heavy atom. The van der Waals surface area contributed by atoms with E-state index in [-0.39, 0.29) is 17.6 Å². The molecule has 5 aromatic rings. The van der Waals surface area contributed by atoms with E-state index in [2.05, 4.69) is 38.4 Å². The molecule has 8 heteroatoms. The highest BCUT2D eigenvalue weighted by atomic mass is 16.1. The summed E-state index contributed by atoms with van der Waals surface area (Å²) in [7, 11) is 1.88. The number of anilines is 1. The molecule has 0 saturated heterocycles. The first-order valence-electron chi connectivity index (χ1n) is 11.1. The summed E-state index contributed by atoms with van der Waals surface area (Å²) in [6, 6.07) is 12.0. The van der Waals surface area contributed by atoms with Gasteiger partial charge in [0.1, 0.15) is 11.8 Å². The van der Waals surface area contributed by atoms with Crippen molar-refractivity contribution in [2.24, 2.45) is 7.05 Å². The Labute approximate surface area is 189 Å². The molecular weight excluding hydrogens is 414 g/mol. The highest BCUT2D eigenvalue weighted by molar-refractivity contribution is 5.96. The lowest BCUT2D eigenvalue weighted by atomic mass is 10.00. The fourth-order valence-electron chi connectivity index (χ4n) is 4.52. The van der Waals surface area contributed by atoms with Crippen LogP contribution in [0, 0.1) is 0 Å². The lowest BCUT2D eigenvalue weighted by Crippen LogP contribution is -2.26. The van der Waals surface area contributed by atoms with Gasteiger partial charge in [0.15, 0.2) is 5.82 Å². The van der Waals surface area contributed by atoms with Crippen LogP contribution >= 0.6 is 0 Å². The predicted molar refractivity (Wildman–Crippen MR) is 128 cm³/mol. The van der Waals surface area contributed by atoms with E-state index in [0.717, 1.165) is 46.0 Å². The average molecular weight is 438 g/mol. The number of rotatable bonds is 5. The number of aryl methyl sites for hydroxylation is 1. The first kappa shape index (κ1) is 19.6. The molecule has 1 saturated carbocycles. The Balaban J connectivity index is 1.50. The highest BCUT2D eigenvalue weighted by Gasteiger charge is 2.30. The Kier molecular flexibility index (Phi) is 4.46. The van der Waals surface area contributed by atoms with Crippen LogP contribution in [0.3, 0.4) is 0 Å². The Hall–Kier alpha value is -4.07. The van der Waals surface area contributed by atoms with Crippen LogP contribution in [0.15, 0.2) is 66.1 Å². The van der Waals surface area contributed by atoms with Crippen LogP contribution in [0.1, 0.15) is 37.5 Å². The van der Waals surface area contributed by atoms with Gasteiger partial charge >= 0.3 is 0 Å². The van der Waals surface area contributed by atoms with Crippen molar-refractivity contribution in [2.45, 2.75) is 31.8 Å². The molecule has 0 spiro atoms. The summed E-state index contributed by atoms with van der Waals surface area (Å²) in [6.45, 7) is 2.06. The predicted octanol–water partition coefficient (Wildman–Crippen LogP) is 4.25. The number of hydrogen-bond donors (Lipinski definition) is 1. The summed E-state index contributed by atoms with van der Waals surface area (Å²) >= 11 is 0. The number of benzene rings is 1. The fourth-order valence-corrected chi connectivity index (χ4v) is 4.52. The van der Waals surface area contributed by atoms with Crippen molar-refractivity contribution < 1.29 is 0 Å². The van der Waals surface area contributed by atoms with Crippen molar-refractivity contribution in [1.82, 2.24) is 29.3 Å². The van der Waals surface area contributed by atoms with E-state index in [1.165, 1.54) is 6.33 Å². The molecule has 0 amide bonds. The molecule has 0 radical (unpaired) electrons. The quantitative estimate of drug-likeness (QED) is 0.442. The molecule has 4 heterocycles. The average Bonchev–Trinajstić information content (AvgIpc) is 3.57. The molecule has 33 heavy (non-hydrogen) atoms. The van der Waals surface area contributed by atoms with Crippen LogP contribution in [0.2, 0.25) is 0 Å². The number of fused-ring (bicyclic) bond motifs is 2. The second kappa shape index (κ2) is 7.51. The Bertz CT molecular complexity index is 1560. The normalized spacial score (nSPS) is 14.6. The molecule has 4 aromatic heterocycles. The fraction of sp³-hybridized carbons (Fsp3) is 0.240. The number of pyridine rings is 2. The third-order valence-corrected chi connectivity index (χ3v) is 6.23. The van der Waals surface area contributed by atoms with E-state index >= 15 is 0 Å². The molecule has 0 bridgehead atoms. The van der Waals surface area contributed by atoms with E-state index in [4.69, 9.17) is 0 Å². The monoisotopic (exact) mass is 437 g/mol. The smallest absolute Gasteiger partial charge is 0.259 e. The molecule has 1 fully saturated rings. The zero-order valence-corrected chi connectivity index (χ0v) is 18.4. The molecule has 8 nitrogen and oxygen atoms in total. The number of nitrogens with zero attached hydrogens (tertiary/aromatic N) is 6.